The highest BCUT2D eigenvalue weighted by Gasteiger charge is 2.36. The molecule has 4 rings (SSSR count). The third-order valence-corrected chi connectivity index (χ3v) is 4.80. The molecule has 2 aromatic heterocycles. The van der Waals surface area contributed by atoms with Gasteiger partial charge in [-0.2, -0.15) is 18.3 Å². The Balaban J connectivity index is 1.47. The summed E-state index contributed by atoms with van der Waals surface area (Å²) in [5, 5.41) is 10.0. The smallest absolute Gasteiger partial charge is 0.317 e. The molecular formula is C22H17F3N6O2. The minimum absolute atomic E-state index is 0.000325. The van der Waals surface area contributed by atoms with Crippen molar-refractivity contribution in [2.45, 2.75) is 6.18 Å². The van der Waals surface area contributed by atoms with Crippen molar-refractivity contribution in [1.29, 1.82) is 0 Å². The van der Waals surface area contributed by atoms with Crippen LogP contribution in [0.2, 0.25) is 0 Å². The zero-order valence-electron chi connectivity index (χ0n) is 17.0. The SMILES string of the molecule is O=C(Nc1cccnn1)c1ccc(N2C=CCN(C(=O)c3ccccc3C(F)(F)F)C2)nc1. The second-order valence-corrected chi connectivity index (χ2v) is 7.03. The molecule has 0 spiro atoms. The first kappa shape index (κ1) is 21.9. The fourth-order valence-corrected chi connectivity index (χ4v) is 3.22. The van der Waals surface area contributed by atoms with Crippen molar-refractivity contribution in [3.8, 4) is 0 Å². The van der Waals surface area contributed by atoms with Crippen molar-refractivity contribution in [2.75, 3.05) is 23.4 Å². The van der Waals surface area contributed by atoms with Crippen LogP contribution in [-0.4, -0.2) is 45.1 Å². The van der Waals surface area contributed by atoms with Crippen molar-refractivity contribution in [2.24, 2.45) is 0 Å². The van der Waals surface area contributed by atoms with Crippen LogP contribution in [0.1, 0.15) is 26.3 Å². The lowest BCUT2D eigenvalue weighted by Gasteiger charge is -2.32. The number of rotatable bonds is 4. The summed E-state index contributed by atoms with van der Waals surface area (Å²) >= 11 is 0. The van der Waals surface area contributed by atoms with Crippen molar-refractivity contribution in [1.82, 2.24) is 20.1 Å². The zero-order chi connectivity index (χ0) is 23.4. The van der Waals surface area contributed by atoms with Crippen molar-refractivity contribution >= 4 is 23.5 Å². The Hall–Kier alpha value is -4.28. The van der Waals surface area contributed by atoms with E-state index in [1.165, 1.54) is 29.4 Å². The molecule has 3 heterocycles. The van der Waals surface area contributed by atoms with Gasteiger partial charge >= 0.3 is 6.18 Å². The number of halogens is 3. The quantitative estimate of drug-likeness (QED) is 0.648. The molecule has 3 aromatic rings. The minimum Gasteiger partial charge on any atom is -0.317 e. The first-order chi connectivity index (χ1) is 15.8. The lowest BCUT2D eigenvalue weighted by molar-refractivity contribution is -0.138. The maximum Gasteiger partial charge on any atom is 0.417 e. The molecule has 0 fully saturated rings. The molecule has 0 bridgehead atoms. The van der Waals surface area contributed by atoms with Gasteiger partial charge in [-0.3, -0.25) is 9.59 Å². The van der Waals surface area contributed by atoms with Gasteiger partial charge in [-0.15, -0.1) is 5.10 Å². The number of aromatic nitrogens is 3. The molecule has 0 atom stereocenters. The summed E-state index contributed by atoms with van der Waals surface area (Å²) in [6.45, 7) is 0.153. The topological polar surface area (TPSA) is 91.3 Å². The van der Waals surface area contributed by atoms with Gasteiger partial charge in [-0.1, -0.05) is 12.1 Å². The molecule has 1 N–H and O–H groups in total. The second kappa shape index (κ2) is 9.07. The molecule has 2 amide bonds. The number of hydrogen-bond acceptors (Lipinski definition) is 6. The van der Waals surface area contributed by atoms with Gasteiger partial charge < -0.3 is 15.1 Å². The standard InChI is InChI=1S/C22H17F3N6O2/c23-22(24,25)17-6-2-1-5-16(17)21(33)31-12-4-11-30(14-31)19-9-8-15(13-26-19)20(32)28-18-7-3-10-27-29-18/h1-11,13H,12,14H2,(H,28,29,32). The molecular weight excluding hydrogens is 437 g/mol. The Labute approximate surface area is 186 Å². The van der Waals surface area contributed by atoms with Gasteiger partial charge in [0.05, 0.1) is 23.4 Å². The van der Waals surface area contributed by atoms with Crippen LogP contribution in [0.25, 0.3) is 0 Å². The summed E-state index contributed by atoms with van der Waals surface area (Å²) in [5.74, 6) is -0.454. The number of anilines is 2. The zero-order valence-corrected chi connectivity index (χ0v) is 17.0. The van der Waals surface area contributed by atoms with Gasteiger partial charge in [0.15, 0.2) is 5.82 Å². The first-order valence-electron chi connectivity index (χ1n) is 9.77. The number of hydrogen-bond donors (Lipinski definition) is 1. The molecule has 0 aliphatic carbocycles. The van der Waals surface area contributed by atoms with Crippen molar-refractivity contribution in [3.63, 3.8) is 0 Å². The fraction of sp³-hybridized carbons (Fsp3) is 0.136. The summed E-state index contributed by atoms with van der Waals surface area (Å²) < 4.78 is 39.9. The van der Waals surface area contributed by atoms with Crippen molar-refractivity contribution in [3.05, 3.63) is 89.9 Å². The van der Waals surface area contributed by atoms with Gasteiger partial charge in [0.25, 0.3) is 11.8 Å². The molecule has 0 saturated carbocycles. The predicted molar refractivity (Wildman–Crippen MR) is 113 cm³/mol. The number of alkyl halides is 3. The largest absolute Gasteiger partial charge is 0.417 e. The van der Waals surface area contributed by atoms with Gasteiger partial charge in [-0.25, -0.2) is 4.98 Å². The van der Waals surface area contributed by atoms with Gasteiger partial charge in [0.2, 0.25) is 0 Å². The van der Waals surface area contributed by atoms with E-state index in [4.69, 9.17) is 0 Å². The Morgan fingerprint density at radius 1 is 1.03 bits per heavy atom. The molecule has 1 aliphatic heterocycles. The molecule has 1 aromatic carbocycles. The molecule has 0 radical (unpaired) electrons. The number of nitrogens with one attached hydrogen (secondary N) is 1. The molecule has 1 aliphatic rings. The Kier molecular flexibility index (Phi) is 6.03. The number of benzene rings is 1. The van der Waals surface area contributed by atoms with Crippen LogP contribution in [0.15, 0.2) is 73.2 Å². The number of amides is 2. The summed E-state index contributed by atoms with van der Waals surface area (Å²) in [6.07, 6.45) is 1.53. The van der Waals surface area contributed by atoms with Crippen LogP contribution >= 0.6 is 0 Å². The maximum absolute atomic E-state index is 13.3. The van der Waals surface area contributed by atoms with Gasteiger partial charge in [0.1, 0.15) is 5.82 Å². The average Bonchev–Trinajstić information content (AvgIpc) is 2.84. The highest BCUT2D eigenvalue weighted by Crippen LogP contribution is 2.32. The summed E-state index contributed by atoms with van der Waals surface area (Å²) in [7, 11) is 0. The van der Waals surface area contributed by atoms with Gasteiger partial charge in [0, 0.05) is 25.1 Å². The molecule has 11 heteroatoms. The highest BCUT2D eigenvalue weighted by molar-refractivity contribution is 6.03. The van der Waals surface area contributed by atoms with Crippen molar-refractivity contribution < 1.29 is 22.8 Å². The Morgan fingerprint density at radius 2 is 1.85 bits per heavy atom. The normalized spacial score (nSPS) is 13.7. The molecule has 0 unspecified atom stereocenters. The molecule has 168 valence electrons. The van der Waals surface area contributed by atoms with E-state index >= 15 is 0 Å². The number of carbonyl (C=O) groups is 2. The van der Waals surface area contributed by atoms with Gasteiger partial charge in [-0.05, 0) is 42.5 Å². The minimum atomic E-state index is -4.64. The molecule has 0 saturated heterocycles. The lowest BCUT2D eigenvalue weighted by atomic mass is 10.1. The van der Waals surface area contributed by atoms with Crippen LogP contribution in [0.5, 0.6) is 0 Å². The fourth-order valence-electron chi connectivity index (χ4n) is 3.22. The number of pyridine rings is 1. The van der Waals surface area contributed by atoms with Crippen LogP contribution < -0.4 is 10.2 Å². The van der Waals surface area contributed by atoms with E-state index in [1.807, 2.05) is 0 Å². The average molecular weight is 454 g/mol. The number of nitrogens with zero attached hydrogens (tertiary/aromatic N) is 5. The Morgan fingerprint density at radius 3 is 2.55 bits per heavy atom. The van der Waals surface area contributed by atoms with E-state index in [-0.39, 0.29) is 18.8 Å². The van der Waals surface area contributed by atoms with Crippen LogP contribution in [0, 0.1) is 0 Å². The van der Waals surface area contributed by atoms with E-state index in [1.54, 1.807) is 41.4 Å². The highest BCUT2D eigenvalue weighted by atomic mass is 19.4. The van der Waals surface area contributed by atoms with Crippen LogP contribution in [-0.2, 0) is 6.18 Å². The van der Waals surface area contributed by atoms with E-state index in [9.17, 15) is 22.8 Å². The Bertz CT molecular complexity index is 1180. The van der Waals surface area contributed by atoms with Crippen LogP contribution in [0.3, 0.4) is 0 Å². The number of carbonyl (C=O) groups excluding carboxylic acids is 2. The summed E-state index contributed by atoms with van der Waals surface area (Å²) in [6, 6.07) is 11.0. The van der Waals surface area contributed by atoms with E-state index in [0.717, 1.165) is 12.1 Å². The van der Waals surface area contributed by atoms with E-state index in [2.05, 4.69) is 20.5 Å². The molecule has 8 nitrogen and oxygen atoms in total. The summed E-state index contributed by atoms with van der Waals surface area (Å²) in [4.78, 5) is 32.3. The summed E-state index contributed by atoms with van der Waals surface area (Å²) in [5.41, 5.74) is -1.12. The lowest BCUT2D eigenvalue weighted by Crippen LogP contribution is -2.43. The predicted octanol–water partition coefficient (Wildman–Crippen LogP) is 3.58. The van der Waals surface area contributed by atoms with E-state index in [0.29, 0.717) is 11.6 Å². The first-order valence-corrected chi connectivity index (χ1v) is 9.77. The third kappa shape index (κ3) is 4.97. The maximum atomic E-state index is 13.3. The van der Waals surface area contributed by atoms with Crippen LogP contribution in [0.4, 0.5) is 24.8 Å². The second-order valence-electron chi connectivity index (χ2n) is 7.03. The third-order valence-electron chi connectivity index (χ3n) is 4.80. The molecule has 33 heavy (non-hydrogen) atoms. The monoisotopic (exact) mass is 454 g/mol. The van der Waals surface area contributed by atoms with E-state index < -0.39 is 29.1 Å².